The summed E-state index contributed by atoms with van der Waals surface area (Å²) in [5, 5.41) is 9.18. The van der Waals surface area contributed by atoms with E-state index in [-0.39, 0.29) is 12.5 Å². The Labute approximate surface area is 204 Å². The molecule has 3 aromatic rings. The molecule has 0 saturated heterocycles. The van der Waals surface area contributed by atoms with Gasteiger partial charge in [0, 0.05) is 16.9 Å². The van der Waals surface area contributed by atoms with E-state index >= 15 is 0 Å². The molecule has 8 heteroatoms. The molecule has 0 aromatic heterocycles. The molecule has 180 valence electrons. The number of amides is 3. The van der Waals surface area contributed by atoms with Crippen LogP contribution in [0.1, 0.15) is 29.2 Å². The quantitative estimate of drug-likeness (QED) is 0.262. The molecule has 35 heavy (non-hydrogen) atoms. The zero-order valence-corrected chi connectivity index (χ0v) is 19.9. The van der Waals surface area contributed by atoms with Gasteiger partial charge in [0.15, 0.2) is 6.61 Å². The SMILES string of the molecule is CCc1ccc(NC(=O)C(=O)N/N=C\c2ccccc2OCC(=O)Nc2ccc(C)cc2C)cc1. The number of aryl methyl sites for hydroxylation is 3. The Morgan fingerprint density at radius 1 is 0.914 bits per heavy atom. The van der Waals surface area contributed by atoms with Gasteiger partial charge in [0.2, 0.25) is 0 Å². The highest BCUT2D eigenvalue weighted by atomic mass is 16.5. The van der Waals surface area contributed by atoms with Crippen molar-refractivity contribution in [3.05, 3.63) is 89.0 Å². The fraction of sp³-hybridized carbons (Fsp3) is 0.185. The fourth-order valence-electron chi connectivity index (χ4n) is 3.22. The number of ether oxygens (including phenoxy) is 1. The van der Waals surface area contributed by atoms with Crippen molar-refractivity contribution in [3.8, 4) is 5.75 Å². The van der Waals surface area contributed by atoms with Gasteiger partial charge in [-0.05, 0) is 61.7 Å². The molecule has 0 aliphatic rings. The smallest absolute Gasteiger partial charge is 0.329 e. The number of carbonyl (C=O) groups is 3. The second-order valence-electron chi connectivity index (χ2n) is 7.90. The Bertz CT molecular complexity index is 1240. The molecule has 0 bridgehead atoms. The van der Waals surface area contributed by atoms with Gasteiger partial charge in [-0.2, -0.15) is 5.10 Å². The van der Waals surface area contributed by atoms with Gasteiger partial charge in [-0.3, -0.25) is 14.4 Å². The third-order valence-corrected chi connectivity index (χ3v) is 5.13. The maximum absolute atomic E-state index is 12.3. The number of carbonyl (C=O) groups excluding carboxylic acids is 3. The number of nitrogens with one attached hydrogen (secondary N) is 3. The average molecular weight is 473 g/mol. The van der Waals surface area contributed by atoms with Crippen molar-refractivity contribution in [1.82, 2.24) is 5.43 Å². The third kappa shape index (κ3) is 7.53. The highest BCUT2D eigenvalue weighted by Gasteiger charge is 2.13. The number of rotatable bonds is 8. The zero-order chi connectivity index (χ0) is 25.2. The van der Waals surface area contributed by atoms with Gasteiger partial charge in [-0.25, -0.2) is 5.43 Å². The van der Waals surface area contributed by atoms with E-state index in [0.29, 0.717) is 17.0 Å². The first-order valence-corrected chi connectivity index (χ1v) is 11.2. The first kappa shape index (κ1) is 25.2. The normalized spacial score (nSPS) is 10.6. The Hall–Kier alpha value is -4.46. The predicted octanol–water partition coefficient (Wildman–Crippen LogP) is 3.97. The lowest BCUT2D eigenvalue weighted by atomic mass is 10.1. The molecule has 0 radical (unpaired) electrons. The molecule has 0 spiro atoms. The lowest BCUT2D eigenvalue weighted by Gasteiger charge is -2.11. The van der Waals surface area contributed by atoms with Crippen LogP contribution >= 0.6 is 0 Å². The van der Waals surface area contributed by atoms with Crippen LogP contribution in [-0.2, 0) is 20.8 Å². The highest BCUT2D eigenvalue weighted by molar-refractivity contribution is 6.39. The van der Waals surface area contributed by atoms with Gasteiger partial charge in [-0.15, -0.1) is 0 Å². The summed E-state index contributed by atoms with van der Waals surface area (Å²) in [6.07, 6.45) is 2.23. The van der Waals surface area contributed by atoms with Crippen LogP contribution in [0.2, 0.25) is 0 Å². The van der Waals surface area contributed by atoms with Gasteiger partial charge in [0.1, 0.15) is 5.75 Å². The number of nitrogens with zero attached hydrogens (tertiary/aromatic N) is 1. The Morgan fingerprint density at radius 3 is 2.37 bits per heavy atom. The van der Waals surface area contributed by atoms with Crippen molar-refractivity contribution < 1.29 is 19.1 Å². The molecule has 3 amide bonds. The van der Waals surface area contributed by atoms with E-state index in [1.807, 2.05) is 51.1 Å². The van der Waals surface area contributed by atoms with Crippen molar-refractivity contribution >= 4 is 35.3 Å². The van der Waals surface area contributed by atoms with Gasteiger partial charge in [-0.1, -0.05) is 48.9 Å². The minimum atomic E-state index is -0.910. The molecule has 0 aliphatic heterocycles. The second kappa shape index (κ2) is 12.1. The molecule has 3 N–H and O–H groups in total. The van der Waals surface area contributed by atoms with E-state index < -0.39 is 11.8 Å². The van der Waals surface area contributed by atoms with Crippen molar-refractivity contribution in [3.63, 3.8) is 0 Å². The summed E-state index contributed by atoms with van der Waals surface area (Å²) in [6.45, 7) is 5.74. The van der Waals surface area contributed by atoms with Crippen LogP contribution in [0.25, 0.3) is 0 Å². The summed E-state index contributed by atoms with van der Waals surface area (Å²) >= 11 is 0. The summed E-state index contributed by atoms with van der Waals surface area (Å²) in [7, 11) is 0. The van der Waals surface area contributed by atoms with E-state index in [4.69, 9.17) is 4.74 Å². The lowest BCUT2D eigenvalue weighted by Crippen LogP contribution is -2.32. The number of benzene rings is 3. The Balaban J connectivity index is 1.53. The summed E-state index contributed by atoms with van der Waals surface area (Å²) in [5.41, 5.74) is 7.16. The van der Waals surface area contributed by atoms with Crippen LogP contribution in [0.15, 0.2) is 71.8 Å². The first-order chi connectivity index (χ1) is 16.9. The molecule has 0 saturated carbocycles. The Kier molecular flexibility index (Phi) is 8.72. The van der Waals surface area contributed by atoms with Crippen molar-refractivity contribution in [2.24, 2.45) is 5.10 Å². The predicted molar refractivity (Wildman–Crippen MR) is 137 cm³/mol. The lowest BCUT2D eigenvalue weighted by molar-refractivity contribution is -0.136. The molecular weight excluding hydrogens is 444 g/mol. The van der Waals surface area contributed by atoms with E-state index in [2.05, 4.69) is 21.2 Å². The minimum Gasteiger partial charge on any atom is -0.483 e. The van der Waals surface area contributed by atoms with Crippen LogP contribution < -0.4 is 20.8 Å². The van der Waals surface area contributed by atoms with Crippen LogP contribution in [0, 0.1) is 13.8 Å². The summed E-state index contributed by atoms with van der Waals surface area (Å²) in [4.78, 5) is 36.5. The molecule has 0 heterocycles. The number of para-hydroxylation sites is 1. The maximum atomic E-state index is 12.3. The topological polar surface area (TPSA) is 109 Å². The van der Waals surface area contributed by atoms with E-state index in [9.17, 15) is 14.4 Å². The van der Waals surface area contributed by atoms with Crippen LogP contribution in [0.3, 0.4) is 0 Å². The van der Waals surface area contributed by atoms with Crippen molar-refractivity contribution in [2.45, 2.75) is 27.2 Å². The number of hydrogen-bond donors (Lipinski definition) is 3. The van der Waals surface area contributed by atoms with Crippen LogP contribution in [0.4, 0.5) is 11.4 Å². The van der Waals surface area contributed by atoms with Gasteiger partial charge < -0.3 is 15.4 Å². The molecule has 8 nitrogen and oxygen atoms in total. The van der Waals surface area contributed by atoms with Crippen molar-refractivity contribution in [2.75, 3.05) is 17.2 Å². The number of hydrazone groups is 1. The third-order valence-electron chi connectivity index (χ3n) is 5.13. The minimum absolute atomic E-state index is 0.205. The first-order valence-electron chi connectivity index (χ1n) is 11.2. The van der Waals surface area contributed by atoms with Gasteiger partial charge in [0.05, 0.1) is 6.21 Å². The molecule has 3 aromatic carbocycles. The van der Waals surface area contributed by atoms with E-state index in [1.165, 1.54) is 6.21 Å². The van der Waals surface area contributed by atoms with Gasteiger partial charge in [0.25, 0.3) is 5.91 Å². The molecule has 0 atom stereocenters. The monoisotopic (exact) mass is 472 g/mol. The summed E-state index contributed by atoms with van der Waals surface area (Å²) < 4.78 is 5.64. The van der Waals surface area contributed by atoms with Crippen molar-refractivity contribution in [1.29, 1.82) is 0 Å². The zero-order valence-electron chi connectivity index (χ0n) is 19.9. The highest BCUT2D eigenvalue weighted by Crippen LogP contribution is 2.18. The molecule has 0 unspecified atom stereocenters. The standard InChI is InChI=1S/C27H28N4O4/c1-4-20-10-12-22(13-11-20)29-26(33)27(34)31-28-16-21-7-5-6-8-24(21)35-17-25(32)30-23-14-9-18(2)15-19(23)3/h5-16H,4,17H2,1-3H3,(H,29,33)(H,30,32)(H,31,34)/b28-16-. The molecule has 3 rings (SSSR count). The fourth-order valence-corrected chi connectivity index (χ4v) is 3.22. The second-order valence-corrected chi connectivity index (χ2v) is 7.90. The number of anilines is 2. The number of hydrogen-bond acceptors (Lipinski definition) is 5. The van der Waals surface area contributed by atoms with E-state index in [1.54, 1.807) is 36.4 Å². The van der Waals surface area contributed by atoms with Crippen LogP contribution in [-0.4, -0.2) is 30.5 Å². The average Bonchev–Trinajstić information content (AvgIpc) is 2.85. The molecular formula is C27H28N4O4. The maximum Gasteiger partial charge on any atom is 0.329 e. The largest absolute Gasteiger partial charge is 0.483 e. The Morgan fingerprint density at radius 2 is 1.66 bits per heavy atom. The van der Waals surface area contributed by atoms with Crippen LogP contribution in [0.5, 0.6) is 5.75 Å². The summed E-state index contributed by atoms with van der Waals surface area (Å²) in [6, 6.07) is 19.9. The summed E-state index contributed by atoms with van der Waals surface area (Å²) in [5.74, 6) is -1.64. The van der Waals surface area contributed by atoms with E-state index in [0.717, 1.165) is 28.8 Å². The molecule has 0 fully saturated rings. The van der Waals surface area contributed by atoms with Gasteiger partial charge >= 0.3 is 11.8 Å². The molecule has 0 aliphatic carbocycles.